The van der Waals surface area contributed by atoms with Crippen molar-refractivity contribution in [3.63, 3.8) is 0 Å². The summed E-state index contributed by atoms with van der Waals surface area (Å²) >= 11 is 0. The lowest BCUT2D eigenvalue weighted by molar-refractivity contribution is 0.200. The van der Waals surface area contributed by atoms with Gasteiger partial charge in [0.2, 0.25) is 0 Å². The molecule has 1 aliphatic heterocycles. The second-order valence-corrected chi connectivity index (χ2v) is 5.45. The maximum absolute atomic E-state index is 13.1. The average molecular weight is 264 g/mol. The van der Waals surface area contributed by atoms with Gasteiger partial charge in [-0.1, -0.05) is 19.1 Å². The molecule has 0 aromatic heterocycles. The van der Waals surface area contributed by atoms with Gasteiger partial charge < -0.3 is 10.2 Å². The molecule has 19 heavy (non-hydrogen) atoms. The zero-order valence-electron chi connectivity index (χ0n) is 11.9. The number of piperidine rings is 1. The van der Waals surface area contributed by atoms with Crippen molar-refractivity contribution in [1.82, 2.24) is 10.2 Å². The number of hydrogen-bond donors (Lipinski definition) is 1. The predicted octanol–water partition coefficient (Wildman–Crippen LogP) is 2.83. The Morgan fingerprint density at radius 3 is 2.79 bits per heavy atom. The highest BCUT2D eigenvalue weighted by molar-refractivity contribution is 5.16. The average Bonchev–Trinajstić information content (AvgIpc) is 2.44. The third-order valence-corrected chi connectivity index (χ3v) is 3.88. The number of likely N-dealkylation sites (tertiary alicyclic amines) is 1. The number of benzene rings is 1. The number of halogens is 1. The third-order valence-electron chi connectivity index (χ3n) is 3.88. The van der Waals surface area contributed by atoms with Crippen LogP contribution in [0.4, 0.5) is 4.39 Å². The summed E-state index contributed by atoms with van der Waals surface area (Å²) in [5.74, 6) is -0.125. The van der Waals surface area contributed by atoms with Crippen molar-refractivity contribution >= 4 is 0 Å². The smallest absolute Gasteiger partial charge is 0.123 e. The van der Waals surface area contributed by atoms with Gasteiger partial charge in [-0.15, -0.1) is 0 Å². The summed E-state index contributed by atoms with van der Waals surface area (Å²) in [6.45, 7) is 6.71. The summed E-state index contributed by atoms with van der Waals surface area (Å²) in [6, 6.07) is 7.67. The van der Waals surface area contributed by atoms with Crippen LogP contribution in [0.15, 0.2) is 24.3 Å². The fourth-order valence-electron chi connectivity index (χ4n) is 2.69. The Bertz CT molecular complexity index is 373. The minimum Gasteiger partial charge on any atom is -0.314 e. The van der Waals surface area contributed by atoms with E-state index < -0.39 is 0 Å². The first kappa shape index (κ1) is 14.5. The summed E-state index contributed by atoms with van der Waals surface area (Å²) in [4.78, 5) is 2.50. The quantitative estimate of drug-likeness (QED) is 0.850. The van der Waals surface area contributed by atoms with Crippen LogP contribution in [0.25, 0.3) is 0 Å². The highest BCUT2D eigenvalue weighted by atomic mass is 19.1. The van der Waals surface area contributed by atoms with Crippen LogP contribution < -0.4 is 5.32 Å². The van der Waals surface area contributed by atoms with E-state index in [1.54, 1.807) is 12.1 Å². The normalized spacial score (nSPS) is 17.8. The van der Waals surface area contributed by atoms with E-state index in [-0.39, 0.29) is 5.82 Å². The molecule has 1 aromatic carbocycles. The van der Waals surface area contributed by atoms with Crippen LogP contribution in [0.2, 0.25) is 0 Å². The van der Waals surface area contributed by atoms with E-state index in [0.29, 0.717) is 6.04 Å². The highest BCUT2D eigenvalue weighted by Crippen LogP contribution is 2.12. The molecule has 1 saturated heterocycles. The van der Waals surface area contributed by atoms with Gasteiger partial charge in [-0.25, -0.2) is 4.39 Å². The van der Waals surface area contributed by atoms with Crippen molar-refractivity contribution in [2.75, 3.05) is 26.2 Å². The molecule has 106 valence electrons. The van der Waals surface area contributed by atoms with Crippen LogP contribution in [0.3, 0.4) is 0 Å². The lowest BCUT2D eigenvalue weighted by atomic mass is 10.0. The first-order chi connectivity index (χ1) is 9.28. The molecule has 1 aromatic rings. The topological polar surface area (TPSA) is 15.3 Å². The first-order valence-electron chi connectivity index (χ1n) is 7.48. The van der Waals surface area contributed by atoms with Gasteiger partial charge in [0, 0.05) is 12.6 Å². The molecule has 0 saturated carbocycles. The van der Waals surface area contributed by atoms with Crippen molar-refractivity contribution in [3.05, 3.63) is 35.6 Å². The zero-order chi connectivity index (χ0) is 13.5. The van der Waals surface area contributed by atoms with Crippen molar-refractivity contribution in [1.29, 1.82) is 0 Å². The van der Waals surface area contributed by atoms with E-state index in [0.717, 1.165) is 38.2 Å². The minimum atomic E-state index is -0.125. The summed E-state index contributed by atoms with van der Waals surface area (Å²) in [5.41, 5.74) is 1.10. The molecule has 0 aliphatic carbocycles. The predicted molar refractivity (Wildman–Crippen MR) is 77.9 cm³/mol. The summed E-state index contributed by atoms with van der Waals surface area (Å²) in [5, 5.41) is 3.60. The van der Waals surface area contributed by atoms with Gasteiger partial charge >= 0.3 is 0 Å². The summed E-state index contributed by atoms with van der Waals surface area (Å²) in [6.07, 6.45) is 4.64. The van der Waals surface area contributed by atoms with E-state index in [1.807, 2.05) is 6.07 Å². The van der Waals surface area contributed by atoms with E-state index in [2.05, 4.69) is 17.1 Å². The Morgan fingerprint density at radius 1 is 1.32 bits per heavy atom. The molecule has 2 rings (SSSR count). The molecule has 3 heteroatoms. The molecule has 0 amide bonds. The fraction of sp³-hybridized carbons (Fsp3) is 0.625. The van der Waals surface area contributed by atoms with Gasteiger partial charge in [-0.05, 0) is 63.0 Å². The molecule has 0 radical (unpaired) electrons. The fourth-order valence-corrected chi connectivity index (χ4v) is 2.69. The van der Waals surface area contributed by atoms with Crippen molar-refractivity contribution in [3.8, 4) is 0 Å². The zero-order valence-corrected chi connectivity index (χ0v) is 11.9. The standard InChI is InChI=1S/C16H25FN2/c1-2-9-18-16-7-11-19(12-8-16)10-6-14-4-3-5-15(17)13-14/h3-5,13,16,18H,2,6-12H2,1H3. The van der Waals surface area contributed by atoms with E-state index in [1.165, 1.54) is 25.3 Å². The van der Waals surface area contributed by atoms with Crippen LogP contribution >= 0.6 is 0 Å². The third kappa shape index (κ3) is 4.92. The number of nitrogens with zero attached hydrogens (tertiary/aromatic N) is 1. The molecule has 0 unspecified atom stereocenters. The van der Waals surface area contributed by atoms with Gasteiger partial charge in [-0.2, -0.15) is 0 Å². The Balaban J connectivity index is 1.68. The van der Waals surface area contributed by atoms with Crippen LogP contribution in [0.5, 0.6) is 0 Å². The van der Waals surface area contributed by atoms with Gasteiger partial charge in [0.05, 0.1) is 0 Å². The lowest BCUT2D eigenvalue weighted by Gasteiger charge is -2.32. The molecule has 0 bridgehead atoms. The van der Waals surface area contributed by atoms with Gasteiger partial charge in [0.25, 0.3) is 0 Å². The van der Waals surface area contributed by atoms with Gasteiger partial charge in [0.15, 0.2) is 0 Å². The second-order valence-electron chi connectivity index (χ2n) is 5.45. The van der Waals surface area contributed by atoms with Crippen molar-refractivity contribution in [2.45, 2.75) is 38.6 Å². The molecule has 2 nitrogen and oxygen atoms in total. The number of nitrogens with one attached hydrogen (secondary N) is 1. The Labute approximate surface area is 116 Å². The molecular weight excluding hydrogens is 239 g/mol. The summed E-state index contributed by atoms with van der Waals surface area (Å²) < 4.78 is 13.1. The van der Waals surface area contributed by atoms with Crippen LogP contribution in [-0.2, 0) is 6.42 Å². The largest absolute Gasteiger partial charge is 0.314 e. The maximum atomic E-state index is 13.1. The van der Waals surface area contributed by atoms with Crippen molar-refractivity contribution in [2.24, 2.45) is 0 Å². The summed E-state index contributed by atoms with van der Waals surface area (Å²) in [7, 11) is 0. The molecule has 1 aliphatic rings. The molecular formula is C16H25FN2. The molecule has 1 fully saturated rings. The van der Waals surface area contributed by atoms with Gasteiger partial charge in [-0.3, -0.25) is 0 Å². The SMILES string of the molecule is CCCNC1CCN(CCc2cccc(F)c2)CC1. The van der Waals surface area contributed by atoms with Crippen molar-refractivity contribution < 1.29 is 4.39 Å². The van der Waals surface area contributed by atoms with E-state index >= 15 is 0 Å². The highest BCUT2D eigenvalue weighted by Gasteiger charge is 2.17. The Hall–Kier alpha value is -0.930. The molecule has 0 atom stereocenters. The van der Waals surface area contributed by atoms with Crippen LogP contribution in [0.1, 0.15) is 31.7 Å². The van der Waals surface area contributed by atoms with Gasteiger partial charge in [0.1, 0.15) is 5.82 Å². The number of hydrogen-bond acceptors (Lipinski definition) is 2. The molecule has 1 N–H and O–H groups in total. The van der Waals surface area contributed by atoms with E-state index in [9.17, 15) is 4.39 Å². The first-order valence-corrected chi connectivity index (χ1v) is 7.48. The second kappa shape index (κ2) is 7.61. The lowest BCUT2D eigenvalue weighted by Crippen LogP contribution is -2.43. The number of rotatable bonds is 6. The Morgan fingerprint density at radius 2 is 2.11 bits per heavy atom. The minimum absolute atomic E-state index is 0.125. The van der Waals surface area contributed by atoms with E-state index in [4.69, 9.17) is 0 Å². The Kier molecular flexibility index (Phi) is 5.80. The molecule has 1 heterocycles. The monoisotopic (exact) mass is 264 g/mol. The molecule has 0 spiro atoms. The van der Waals surface area contributed by atoms with Crippen LogP contribution in [0, 0.1) is 5.82 Å². The van der Waals surface area contributed by atoms with Crippen LogP contribution in [-0.4, -0.2) is 37.1 Å². The maximum Gasteiger partial charge on any atom is 0.123 e.